The highest BCUT2D eigenvalue weighted by Gasteiger charge is 2.11. The molecular weight excluding hydrogens is 595 g/mol. The Hall–Kier alpha value is -5.18. The zero-order chi connectivity index (χ0) is 30.5. The fourth-order valence-electron chi connectivity index (χ4n) is 5.54. The Bertz CT molecular complexity index is 2510. The molecule has 4 heterocycles. The van der Waals surface area contributed by atoms with Gasteiger partial charge >= 0.3 is 0 Å². The minimum Gasteiger partial charge on any atom is -0.351 e. The van der Waals surface area contributed by atoms with Crippen molar-refractivity contribution in [2.75, 3.05) is 0 Å². The van der Waals surface area contributed by atoms with E-state index in [9.17, 15) is 9.59 Å². The molecule has 0 atom stereocenters. The van der Waals surface area contributed by atoms with Crippen molar-refractivity contribution in [3.05, 3.63) is 128 Å². The molecule has 0 amide bonds. The number of aryl methyl sites for hydroxylation is 2. The van der Waals surface area contributed by atoms with Crippen LogP contribution in [0.3, 0.4) is 0 Å². The second kappa shape index (κ2) is 10.8. The van der Waals surface area contributed by atoms with Gasteiger partial charge in [-0.3, -0.25) is 9.59 Å². The van der Waals surface area contributed by atoms with E-state index in [2.05, 4.69) is 65.5 Å². The van der Waals surface area contributed by atoms with Gasteiger partial charge in [0.2, 0.25) is 0 Å². The molecular formula is C34H24Cl2N6O2. The van der Waals surface area contributed by atoms with Crippen molar-refractivity contribution in [3.63, 3.8) is 0 Å². The van der Waals surface area contributed by atoms with Crippen molar-refractivity contribution >= 4 is 67.1 Å². The van der Waals surface area contributed by atoms with Crippen LogP contribution in [-0.2, 0) is 14.1 Å². The zero-order valence-corrected chi connectivity index (χ0v) is 25.1. The van der Waals surface area contributed by atoms with E-state index in [1.807, 2.05) is 50.8 Å². The highest BCUT2D eigenvalue weighted by Crippen LogP contribution is 2.33. The standard InChI is InChI=1S/2C17H12ClN3O/c1-21-5-4-10-2-3-11(6-15(10)21)13-7-12(18)8-14-17(13)19-9-16(22)20-14;1-21-5-4-10-2-3-11(6-15(10)21)13-7-12(18)8-14-17(13)20-16(22)9-19-14/h2*2-9H,1H3,(H,20,22). The zero-order valence-electron chi connectivity index (χ0n) is 23.6. The number of aromatic nitrogens is 6. The molecule has 10 heteroatoms. The topological polar surface area (TPSA) is 101 Å². The summed E-state index contributed by atoms with van der Waals surface area (Å²) in [5.74, 6) is 0. The molecule has 0 radical (unpaired) electrons. The highest BCUT2D eigenvalue weighted by atomic mass is 35.5. The molecule has 8 rings (SSSR count). The molecule has 0 aliphatic heterocycles. The third-order valence-electron chi connectivity index (χ3n) is 7.69. The summed E-state index contributed by atoms with van der Waals surface area (Å²) in [7, 11) is 4.02. The van der Waals surface area contributed by atoms with Gasteiger partial charge in [-0.05, 0) is 70.4 Å². The lowest BCUT2D eigenvalue weighted by molar-refractivity contribution is 0.969. The summed E-state index contributed by atoms with van der Waals surface area (Å²) in [6, 6.07) is 23.7. The van der Waals surface area contributed by atoms with E-state index < -0.39 is 0 Å². The van der Waals surface area contributed by atoms with Crippen LogP contribution in [0.5, 0.6) is 0 Å². The lowest BCUT2D eigenvalue weighted by Gasteiger charge is -2.08. The van der Waals surface area contributed by atoms with Gasteiger partial charge < -0.3 is 19.1 Å². The van der Waals surface area contributed by atoms with Gasteiger partial charge in [0.25, 0.3) is 11.1 Å². The Kier molecular flexibility index (Phi) is 6.80. The van der Waals surface area contributed by atoms with Crippen molar-refractivity contribution in [1.29, 1.82) is 0 Å². The predicted molar refractivity (Wildman–Crippen MR) is 179 cm³/mol. The summed E-state index contributed by atoms with van der Waals surface area (Å²) in [4.78, 5) is 37.2. The number of fused-ring (bicyclic) bond motifs is 4. The molecule has 44 heavy (non-hydrogen) atoms. The SMILES string of the molecule is Cn1ccc2ccc(-c3cc(Cl)cc4[nH]c(=O)cnc34)cc21.Cn1ccc2ccc(-c3cc(Cl)cc4ncc(=O)[nH]c34)cc21. The van der Waals surface area contributed by atoms with E-state index in [1.54, 1.807) is 12.1 Å². The number of benzene rings is 4. The van der Waals surface area contributed by atoms with Crippen LogP contribution in [0.15, 0.2) is 107 Å². The molecule has 0 spiro atoms. The van der Waals surface area contributed by atoms with Crippen LogP contribution in [0.1, 0.15) is 0 Å². The number of hydrogen-bond acceptors (Lipinski definition) is 4. The van der Waals surface area contributed by atoms with Crippen molar-refractivity contribution in [1.82, 2.24) is 29.1 Å². The van der Waals surface area contributed by atoms with Gasteiger partial charge in [-0.25, -0.2) is 9.97 Å². The Morgan fingerprint density at radius 2 is 1.20 bits per heavy atom. The Morgan fingerprint density at radius 1 is 0.636 bits per heavy atom. The summed E-state index contributed by atoms with van der Waals surface area (Å²) in [5.41, 5.74) is 8.32. The van der Waals surface area contributed by atoms with Gasteiger partial charge in [-0.2, -0.15) is 0 Å². The minimum absolute atomic E-state index is 0.226. The van der Waals surface area contributed by atoms with Crippen molar-refractivity contribution < 1.29 is 0 Å². The van der Waals surface area contributed by atoms with Crippen LogP contribution >= 0.6 is 23.2 Å². The number of nitrogens with one attached hydrogen (secondary N) is 2. The summed E-state index contributed by atoms with van der Waals surface area (Å²) in [6.07, 6.45) is 6.61. The molecule has 2 N–H and O–H groups in total. The molecule has 0 aliphatic carbocycles. The van der Waals surface area contributed by atoms with Gasteiger partial charge in [-0.15, -0.1) is 0 Å². The molecule has 216 valence electrons. The summed E-state index contributed by atoms with van der Waals surface area (Å²) in [5, 5.41) is 3.51. The first-order chi connectivity index (χ1) is 21.2. The predicted octanol–water partition coefficient (Wildman–Crippen LogP) is 7.47. The molecule has 8 nitrogen and oxygen atoms in total. The minimum atomic E-state index is -0.237. The van der Waals surface area contributed by atoms with Gasteiger partial charge in [0.15, 0.2) is 0 Å². The van der Waals surface area contributed by atoms with Crippen LogP contribution in [0.25, 0.3) is 66.1 Å². The normalized spacial score (nSPS) is 11.4. The number of H-pyrrole nitrogens is 2. The summed E-state index contributed by atoms with van der Waals surface area (Å²) >= 11 is 12.4. The first-order valence-electron chi connectivity index (χ1n) is 13.7. The molecule has 8 aromatic rings. The first kappa shape index (κ1) is 27.6. The maximum absolute atomic E-state index is 11.6. The fraction of sp³-hybridized carbons (Fsp3) is 0.0588. The van der Waals surface area contributed by atoms with E-state index in [4.69, 9.17) is 23.2 Å². The van der Waals surface area contributed by atoms with Gasteiger partial charge in [-0.1, -0.05) is 47.5 Å². The van der Waals surface area contributed by atoms with Gasteiger partial charge in [0, 0.05) is 58.7 Å². The van der Waals surface area contributed by atoms with E-state index >= 15 is 0 Å². The summed E-state index contributed by atoms with van der Waals surface area (Å²) < 4.78 is 4.13. The molecule has 0 saturated heterocycles. The fourth-order valence-corrected chi connectivity index (χ4v) is 5.97. The van der Waals surface area contributed by atoms with E-state index in [-0.39, 0.29) is 11.1 Å². The van der Waals surface area contributed by atoms with Crippen molar-refractivity contribution in [2.24, 2.45) is 14.1 Å². The van der Waals surface area contributed by atoms with Crippen LogP contribution < -0.4 is 11.1 Å². The number of hydrogen-bond donors (Lipinski definition) is 2. The molecule has 0 fully saturated rings. The largest absolute Gasteiger partial charge is 0.351 e. The van der Waals surface area contributed by atoms with Crippen LogP contribution in [-0.4, -0.2) is 29.1 Å². The van der Waals surface area contributed by atoms with E-state index in [0.717, 1.165) is 38.8 Å². The molecule has 0 unspecified atom stereocenters. The quantitative estimate of drug-likeness (QED) is 0.210. The maximum atomic E-state index is 11.6. The summed E-state index contributed by atoms with van der Waals surface area (Å²) in [6.45, 7) is 0. The van der Waals surface area contributed by atoms with Crippen LogP contribution in [0.4, 0.5) is 0 Å². The number of aromatic amines is 2. The van der Waals surface area contributed by atoms with Gasteiger partial charge in [0.05, 0.1) is 34.5 Å². The molecule has 0 saturated carbocycles. The monoisotopic (exact) mass is 618 g/mol. The number of nitrogens with zero attached hydrogens (tertiary/aromatic N) is 4. The van der Waals surface area contributed by atoms with Crippen LogP contribution in [0, 0.1) is 0 Å². The average Bonchev–Trinajstić information content (AvgIpc) is 3.57. The second-order valence-electron chi connectivity index (χ2n) is 10.6. The molecule has 0 bridgehead atoms. The molecule has 0 aliphatic rings. The smallest absolute Gasteiger partial charge is 0.266 e. The van der Waals surface area contributed by atoms with Crippen molar-refractivity contribution in [2.45, 2.75) is 0 Å². The Balaban J connectivity index is 0.000000142. The third kappa shape index (κ3) is 5.04. The van der Waals surface area contributed by atoms with Crippen molar-refractivity contribution in [3.8, 4) is 22.3 Å². The molecule has 4 aromatic carbocycles. The highest BCUT2D eigenvalue weighted by molar-refractivity contribution is 6.32. The van der Waals surface area contributed by atoms with E-state index in [1.165, 1.54) is 23.2 Å². The third-order valence-corrected chi connectivity index (χ3v) is 8.13. The molecule has 4 aromatic heterocycles. The lowest BCUT2D eigenvalue weighted by Crippen LogP contribution is -2.05. The average molecular weight is 620 g/mol. The Morgan fingerprint density at radius 3 is 1.89 bits per heavy atom. The first-order valence-corrected chi connectivity index (χ1v) is 14.5. The second-order valence-corrected chi connectivity index (χ2v) is 11.5. The van der Waals surface area contributed by atoms with Crippen LogP contribution in [0.2, 0.25) is 10.0 Å². The maximum Gasteiger partial charge on any atom is 0.266 e. The number of halogens is 2. The number of rotatable bonds is 2. The Labute approximate surface area is 260 Å². The van der Waals surface area contributed by atoms with Gasteiger partial charge in [0.1, 0.15) is 0 Å². The lowest BCUT2D eigenvalue weighted by atomic mass is 10.0. The van der Waals surface area contributed by atoms with E-state index in [0.29, 0.717) is 26.6 Å².